The summed E-state index contributed by atoms with van der Waals surface area (Å²) in [5.41, 5.74) is 3.21. The molecule has 1 unspecified atom stereocenters. The van der Waals surface area contributed by atoms with Gasteiger partial charge < -0.3 is 5.32 Å². The normalized spacial score (nSPS) is 12.4. The zero-order valence-corrected chi connectivity index (χ0v) is 12.5. The molecule has 0 saturated carbocycles. The minimum atomic E-state index is -0.243. The predicted molar refractivity (Wildman–Crippen MR) is 78.6 cm³/mol. The highest BCUT2D eigenvalue weighted by atomic mass is 79.9. The number of nitrogens with one attached hydrogen (secondary N) is 1. The molecule has 1 aromatic heterocycles. The van der Waals surface area contributed by atoms with E-state index in [1.165, 1.54) is 6.07 Å². The Kier molecular flexibility index (Phi) is 4.66. The van der Waals surface area contributed by atoms with Crippen LogP contribution in [0.5, 0.6) is 0 Å². The second-order valence-electron chi connectivity index (χ2n) is 4.55. The molecule has 0 radical (unpaired) electrons. The molecular weight excluding hydrogens is 307 g/mol. The molecule has 1 N–H and O–H groups in total. The SMILES string of the molecule is CNC(Cc1ccc(C)cn1)c1ccc(F)c(Br)c1. The van der Waals surface area contributed by atoms with E-state index in [1.807, 2.05) is 32.3 Å². The van der Waals surface area contributed by atoms with Gasteiger partial charge in [-0.2, -0.15) is 0 Å². The molecule has 100 valence electrons. The molecule has 1 atom stereocenters. The van der Waals surface area contributed by atoms with E-state index in [1.54, 1.807) is 6.07 Å². The summed E-state index contributed by atoms with van der Waals surface area (Å²) in [7, 11) is 1.90. The minimum Gasteiger partial charge on any atom is -0.313 e. The van der Waals surface area contributed by atoms with Crippen LogP contribution in [-0.4, -0.2) is 12.0 Å². The Labute approximate surface area is 121 Å². The molecule has 2 nitrogen and oxygen atoms in total. The molecule has 1 heterocycles. The molecule has 2 aromatic rings. The first kappa shape index (κ1) is 14.2. The van der Waals surface area contributed by atoms with Gasteiger partial charge >= 0.3 is 0 Å². The van der Waals surface area contributed by atoms with E-state index < -0.39 is 0 Å². The first-order valence-corrected chi connectivity index (χ1v) is 6.93. The van der Waals surface area contributed by atoms with Crippen LogP contribution in [0.15, 0.2) is 41.0 Å². The number of aromatic nitrogens is 1. The molecule has 0 amide bonds. The Morgan fingerprint density at radius 1 is 1.32 bits per heavy atom. The summed E-state index contributed by atoms with van der Waals surface area (Å²) in [6.45, 7) is 2.02. The molecule has 19 heavy (non-hydrogen) atoms. The van der Waals surface area contributed by atoms with Crippen molar-refractivity contribution >= 4 is 15.9 Å². The maximum Gasteiger partial charge on any atom is 0.137 e. The van der Waals surface area contributed by atoms with Gasteiger partial charge in [-0.15, -0.1) is 0 Å². The Balaban J connectivity index is 2.19. The van der Waals surface area contributed by atoms with Gasteiger partial charge in [0, 0.05) is 24.4 Å². The third kappa shape index (κ3) is 3.61. The standard InChI is InChI=1S/C15H16BrFN2/c1-10-3-5-12(19-9-10)8-15(18-2)11-4-6-14(17)13(16)7-11/h3-7,9,15,18H,8H2,1-2H3. The molecule has 0 bridgehead atoms. The number of rotatable bonds is 4. The lowest BCUT2D eigenvalue weighted by atomic mass is 10.0. The number of hydrogen-bond acceptors (Lipinski definition) is 2. The molecule has 0 aliphatic rings. The lowest BCUT2D eigenvalue weighted by Crippen LogP contribution is -2.19. The molecule has 0 spiro atoms. The lowest BCUT2D eigenvalue weighted by molar-refractivity contribution is 0.577. The number of pyridine rings is 1. The van der Waals surface area contributed by atoms with Gasteiger partial charge in [-0.1, -0.05) is 12.1 Å². The Bertz CT molecular complexity index is 555. The zero-order valence-electron chi connectivity index (χ0n) is 11.0. The van der Waals surface area contributed by atoms with Crippen molar-refractivity contribution in [2.24, 2.45) is 0 Å². The summed E-state index contributed by atoms with van der Waals surface area (Å²) in [6.07, 6.45) is 2.64. The number of hydrogen-bond donors (Lipinski definition) is 1. The summed E-state index contributed by atoms with van der Waals surface area (Å²) in [5.74, 6) is -0.243. The third-order valence-electron chi connectivity index (χ3n) is 3.08. The van der Waals surface area contributed by atoms with Gasteiger partial charge in [-0.25, -0.2) is 4.39 Å². The van der Waals surface area contributed by atoms with Crippen molar-refractivity contribution in [2.75, 3.05) is 7.05 Å². The maximum absolute atomic E-state index is 13.3. The van der Waals surface area contributed by atoms with Gasteiger partial charge in [0.1, 0.15) is 5.82 Å². The number of aryl methyl sites for hydroxylation is 1. The lowest BCUT2D eigenvalue weighted by Gasteiger charge is -2.17. The summed E-state index contributed by atoms with van der Waals surface area (Å²) in [6, 6.07) is 9.28. The van der Waals surface area contributed by atoms with Gasteiger partial charge in [0.2, 0.25) is 0 Å². The summed E-state index contributed by atoms with van der Waals surface area (Å²) in [5, 5.41) is 3.24. The van der Waals surface area contributed by atoms with Crippen LogP contribution in [0.25, 0.3) is 0 Å². The largest absolute Gasteiger partial charge is 0.313 e. The highest BCUT2D eigenvalue weighted by molar-refractivity contribution is 9.10. The monoisotopic (exact) mass is 322 g/mol. The number of halogens is 2. The first-order chi connectivity index (χ1) is 9.10. The number of likely N-dealkylation sites (N-methyl/N-ethyl adjacent to an activating group) is 1. The Morgan fingerprint density at radius 3 is 2.68 bits per heavy atom. The average Bonchev–Trinajstić information content (AvgIpc) is 2.41. The fourth-order valence-electron chi connectivity index (χ4n) is 1.94. The van der Waals surface area contributed by atoms with Crippen LogP contribution in [0.1, 0.15) is 22.9 Å². The van der Waals surface area contributed by atoms with E-state index in [9.17, 15) is 4.39 Å². The van der Waals surface area contributed by atoms with Crippen molar-refractivity contribution in [3.8, 4) is 0 Å². The van der Waals surface area contributed by atoms with Crippen LogP contribution in [-0.2, 0) is 6.42 Å². The third-order valence-corrected chi connectivity index (χ3v) is 3.69. The number of nitrogens with zero attached hydrogens (tertiary/aromatic N) is 1. The van der Waals surface area contributed by atoms with Crippen molar-refractivity contribution in [2.45, 2.75) is 19.4 Å². The molecule has 2 rings (SSSR count). The molecule has 0 aliphatic heterocycles. The molecule has 1 aromatic carbocycles. The second kappa shape index (κ2) is 6.26. The van der Waals surface area contributed by atoms with Crippen LogP contribution in [0, 0.1) is 12.7 Å². The van der Waals surface area contributed by atoms with Crippen molar-refractivity contribution in [1.29, 1.82) is 0 Å². The van der Waals surface area contributed by atoms with Gasteiger partial charge in [-0.05, 0) is 59.2 Å². The summed E-state index contributed by atoms with van der Waals surface area (Å²) >= 11 is 3.22. The van der Waals surface area contributed by atoms with Crippen molar-refractivity contribution in [3.63, 3.8) is 0 Å². The van der Waals surface area contributed by atoms with Crippen LogP contribution in [0.3, 0.4) is 0 Å². The van der Waals surface area contributed by atoms with Gasteiger partial charge in [0.15, 0.2) is 0 Å². The Hall–Kier alpha value is -1.26. The van der Waals surface area contributed by atoms with Gasteiger partial charge in [0.05, 0.1) is 4.47 Å². The first-order valence-electron chi connectivity index (χ1n) is 6.14. The van der Waals surface area contributed by atoms with Gasteiger partial charge in [-0.3, -0.25) is 4.98 Å². The van der Waals surface area contributed by atoms with E-state index in [0.29, 0.717) is 4.47 Å². The zero-order chi connectivity index (χ0) is 13.8. The minimum absolute atomic E-state index is 0.118. The average molecular weight is 323 g/mol. The molecule has 0 aliphatic carbocycles. The topological polar surface area (TPSA) is 24.9 Å². The second-order valence-corrected chi connectivity index (χ2v) is 5.40. The molecule has 4 heteroatoms. The fourth-order valence-corrected chi connectivity index (χ4v) is 2.34. The van der Waals surface area contributed by atoms with Crippen molar-refractivity contribution < 1.29 is 4.39 Å². The smallest absolute Gasteiger partial charge is 0.137 e. The molecular formula is C15H16BrFN2. The van der Waals surface area contributed by atoms with E-state index in [4.69, 9.17) is 0 Å². The van der Waals surface area contributed by atoms with Crippen LogP contribution in [0.4, 0.5) is 4.39 Å². The van der Waals surface area contributed by atoms with Gasteiger partial charge in [0.25, 0.3) is 0 Å². The van der Waals surface area contributed by atoms with E-state index in [0.717, 1.165) is 23.2 Å². The van der Waals surface area contributed by atoms with Crippen molar-refractivity contribution in [3.05, 3.63) is 63.6 Å². The summed E-state index contributed by atoms with van der Waals surface area (Å²) in [4.78, 5) is 4.41. The van der Waals surface area contributed by atoms with Crippen LogP contribution in [0.2, 0.25) is 0 Å². The highest BCUT2D eigenvalue weighted by Crippen LogP contribution is 2.23. The van der Waals surface area contributed by atoms with E-state index >= 15 is 0 Å². The molecule has 0 saturated heterocycles. The van der Waals surface area contributed by atoms with E-state index in [2.05, 4.69) is 32.3 Å². The van der Waals surface area contributed by atoms with Crippen LogP contribution >= 0.6 is 15.9 Å². The highest BCUT2D eigenvalue weighted by Gasteiger charge is 2.12. The van der Waals surface area contributed by atoms with E-state index in [-0.39, 0.29) is 11.9 Å². The fraction of sp³-hybridized carbons (Fsp3) is 0.267. The summed E-state index contributed by atoms with van der Waals surface area (Å²) < 4.78 is 13.7. The Morgan fingerprint density at radius 2 is 2.11 bits per heavy atom. The predicted octanol–water partition coefficient (Wildman–Crippen LogP) is 3.79. The number of benzene rings is 1. The maximum atomic E-state index is 13.3. The quantitative estimate of drug-likeness (QED) is 0.926. The van der Waals surface area contributed by atoms with Crippen LogP contribution < -0.4 is 5.32 Å². The van der Waals surface area contributed by atoms with Crippen molar-refractivity contribution in [1.82, 2.24) is 10.3 Å². The molecule has 0 fully saturated rings.